The fourth-order valence-electron chi connectivity index (χ4n) is 3.54. The van der Waals surface area contributed by atoms with E-state index in [-0.39, 0.29) is 0 Å². The molecule has 1 aliphatic rings. The normalized spacial score (nSPS) is 16.1. The summed E-state index contributed by atoms with van der Waals surface area (Å²) < 4.78 is 16.1. The number of rotatable bonds is 6. The van der Waals surface area contributed by atoms with Crippen molar-refractivity contribution in [2.24, 2.45) is 0 Å². The zero-order valence-electron chi connectivity index (χ0n) is 16.4. The molecule has 0 N–H and O–H groups in total. The molecule has 0 bridgehead atoms. The Kier molecular flexibility index (Phi) is 6.34. The zero-order chi connectivity index (χ0) is 19.4. The molecule has 1 heterocycles. The quantitative estimate of drug-likeness (QED) is 0.736. The third kappa shape index (κ3) is 4.25. The van der Waals surface area contributed by atoms with Gasteiger partial charge in [-0.3, -0.25) is 4.90 Å². The number of nitrogens with zero attached hydrogens (tertiary/aromatic N) is 2. The van der Waals surface area contributed by atoms with E-state index in [0.717, 1.165) is 49.1 Å². The lowest BCUT2D eigenvalue weighted by atomic mass is 10.0. The van der Waals surface area contributed by atoms with E-state index in [9.17, 15) is 0 Å². The van der Waals surface area contributed by atoms with Crippen LogP contribution in [0.1, 0.15) is 18.5 Å². The molecule has 0 unspecified atom stereocenters. The molecule has 0 aromatic heterocycles. The standard InChI is InChI=1S/C21H27ClN2O3/c1-15(16-5-8-19(25-2)21(13-16)27-4)23-9-11-24(12-10-23)17-6-7-18(22)20(14-17)26-3/h5-8,13-15H,9-12H2,1-4H3/t15-/m1/s1. The molecule has 3 rings (SSSR count). The van der Waals surface area contributed by atoms with E-state index in [2.05, 4.69) is 34.9 Å². The average molecular weight is 391 g/mol. The van der Waals surface area contributed by atoms with E-state index in [1.807, 2.05) is 18.2 Å². The smallest absolute Gasteiger partial charge is 0.161 e. The van der Waals surface area contributed by atoms with Gasteiger partial charge >= 0.3 is 0 Å². The van der Waals surface area contributed by atoms with Gasteiger partial charge in [0.2, 0.25) is 0 Å². The van der Waals surface area contributed by atoms with Crippen molar-refractivity contribution >= 4 is 17.3 Å². The summed E-state index contributed by atoms with van der Waals surface area (Å²) >= 11 is 6.14. The summed E-state index contributed by atoms with van der Waals surface area (Å²) in [6.45, 7) is 6.13. The lowest BCUT2D eigenvalue weighted by molar-refractivity contribution is 0.198. The first-order chi connectivity index (χ1) is 13.1. The summed E-state index contributed by atoms with van der Waals surface area (Å²) in [5, 5.41) is 0.641. The third-order valence-corrected chi connectivity index (χ3v) is 5.56. The first-order valence-corrected chi connectivity index (χ1v) is 9.49. The van der Waals surface area contributed by atoms with Crippen LogP contribution in [-0.2, 0) is 0 Å². The molecule has 27 heavy (non-hydrogen) atoms. The maximum Gasteiger partial charge on any atom is 0.161 e. The molecule has 1 fully saturated rings. The molecule has 146 valence electrons. The molecule has 2 aromatic carbocycles. The van der Waals surface area contributed by atoms with E-state index < -0.39 is 0 Å². The number of anilines is 1. The molecule has 0 aliphatic carbocycles. The van der Waals surface area contributed by atoms with Gasteiger partial charge in [-0.25, -0.2) is 0 Å². The Morgan fingerprint density at radius 2 is 1.48 bits per heavy atom. The lowest BCUT2D eigenvalue weighted by Gasteiger charge is -2.39. The number of methoxy groups -OCH3 is 3. The predicted molar refractivity (Wildman–Crippen MR) is 110 cm³/mol. The number of benzene rings is 2. The highest BCUT2D eigenvalue weighted by Crippen LogP contribution is 2.33. The Morgan fingerprint density at radius 3 is 2.11 bits per heavy atom. The van der Waals surface area contributed by atoms with Gasteiger partial charge in [0, 0.05) is 44.0 Å². The third-order valence-electron chi connectivity index (χ3n) is 5.25. The average Bonchev–Trinajstić information content (AvgIpc) is 2.73. The predicted octanol–water partition coefficient (Wildman–Crippen LogP) is 4.25. The molecule has 0 amide bonds. The van der Waals surface area contributed by atoms with E-state index in [4.69, 9.17) is 25.8 Å². The lowest BCUT2D eigenvalue weighted by Crippen LogP contribution is -2.47. The van der Waals surface area contributed by atoms with Crippen LogP contribution in [0.3, 0.4) is 0 Å². The fraction of sp³-hybridized carbons (Fsp3) is 0.429. The van der Waals surface area contributed by atoms with Gasteiger partial charge in [0.25, 0.3) is 0 Å². The van der Waals surface area contributed by atoms with Crippen LogP contribution in [0.2, 0.25) is 5.02 Å². The molecular weight excluding hydrogens is 364 g/mol. The summed E-state index contributed by atoms with van der Waals surface area (Å²) in [6, 6.07) is 12.4. The van der Waals surface area contributed by atoms with E-state index >= 15 is 0 Å². The van der Waals surface area contributed by atoms with Gasteiger partial charge in [0.15, 0.2) is 11.5 Å². The van der Waals surface area contributed by atoms with E-state index in [1.165, 1.54) is 5.56 Å². The molecule has 0 radical (unpaired) electrons. The maximum atomic E-state index is 6.14. The van der Waals surface area contributed by atoms with Gasteiger partial charge in [-0.15, -0.1) is 0 Å². The second kappa shape index (κ2) is 8.72. The Labute approximate surface area is 166 Å². The maximum absolute atomic E-state index is 6.14. The van der Waals surface area contributed by atoms with Gasteiger partial charge in [-0.05, 0) is 36.8 Å². The van der Waals surface area contributed by atoms with Crippen LogP contribution in [0.25, 0.3) is 0 Å². The number of ether oxygens (including phenoxy) is 3. The summed E-state index contributed by atoms with van der Waals surface area (Å²) in [5.74, 6) is 2.25. The molecule has 0 spiro atoms. The fourth-order valence-corrected chi connectivity index (χ4v) is 3.73. The Morgan fingerprint density at radius 1 is 0.815 bits per heavy atom. The molecule has 1 aliphatic heterocycles. The van der Waals surface area contributed by atoms with Crippen molar-refractivity contribution in [1.82, 2.24) is 4.90 Å². The monoisotopic (exact) mass is 390 g/mol. The van der Waals surface area contributed by atoms with Crippen molar-refractivity contribution in [2.75, 3.05) is 52.4 Å². The van der Waals surface area contributed by atoms with Crippen molar-refractivity contribution in [2.45, 2.75) is 13.0 Å². The summed E-state index contributed by atoms with van der Waals surface area (Å²) in [4.78, 5) is 4.86. The second-order valence-corrected chi connectivity index (χ2v) is 7.04. The molecule has 6 heteroatoms. The van der Waals surface area contributed by atoms with Gasteiger partial charge in [0.05, 0.1) is 26.4 Å². The van der Waals surface area contributed by atoms with Crippen molar-refractivity contribution in [3.63, 3.8) is 0 Å². The number of halogens is 1. The zero-order valence-corrected chi connectivity index (χ0v) is 17.1. The topological polar surface area (TPSA) is 34.2 Å². The van der Waals surface area contributed by atoms with Crippen molar-refractivity contribution in [3.8, 4) is 17.2 Å². The highest BCUT2D eigenvalue weighted by atomic mass is 35.5. The SMILES string of the molecule is COc1cc(N2CCN([C@H](C)c3ccc(OC)c(OC)c3)CC2)ccc1Cl. The minimum Gasteiger partial charge on any atom is -0.495 e. The van der Waals surface area contributed by atoms with Gasteiger partial charge in [0.1, 0.15) is 5.75 Å². The van der Waals surface area contributed by atoms with Gasteiger partial charge < -0.3 is 19.1 Å². The van der Waals surface area contributed by atoms with Crippen LogP contribution in [0.4, 0.5) is 5.69 Å². The summed E-state index contributed by atoms with van der Waals surface area (Å²) in [7, 11) is 4.98. The number of hydrogen-bond acceptors (Lipinski definition) is 5. The highest BCUT2D eigenvalue weighted by molar-refractivity contribution is 6.32. The van der Waals surface area contributed by atoms with Crippen LogP contribution in [-0.4, -0.2) is 52.4 Å². The first-order valence-electron chi connectivity index (χ1n) is 9.11. The van der Waals surface area contributed by atoms with Crippen molar-refractivity contribution < 1.29 is 14.2 Å². The highest BCUT2D eigenvalue weighted by Gasteiger charge is 2.23. The molecule has 1 atom stereocenters. The molecular formula is C21H27ClN2O3. The summed E-state index contributed by atoms with van der Waals surface area (Å²) in [5.41, 5.74) is 2.38. The number of hydrogen-bond donors (Lipinski definition) is 0. The van der Waals surface area contributed by atoms with Crippen LogP contribution in [0, 0.1) is 0 Å². The minimum atomic E-state index is 0.312. The van der Waals surface area contributed by atoms with E-state index in [1.54, 1.807) is 21.3 Å². The Bertz CT molecular complexity index is 776. The van der Waals surface area contributed by atoms with Gasteiger partial charge in [-0.2, -0.15) is 0 Å². The molecule has 0 saturated carbocycles. The van der Waals surface area contributed by atoms with Crippen LogP contribution >= 0.6 is 11.6 Å². The molecule has 1 saturated heterocycles. The van der Waals surface area contributed by atoms with E-state index in [0.29, 0.717) is 11.1 Å². The Balaban J connectivity index is 1.66. The number of piperazine rings is 1. The van der Waals surface area contributed by atoms with Crippen molar-refractivity contribution in [3.05, 3.63) is 47.0 Å². The second-order valence-electron chi connectivity index (χ2n) is 6.63. The first kappa shape index (κ1) is 19.6. The Hall–Kier alpha value is -2.11. The van der Waals surface area contributed by atoms with Crippen LogP contribution < -0.4 is 19.1 Å². The molecule has 5 nitrogen and oxygen atoms in total. The van der Waals surface area contributed by atoms with Crippen LogP contribution in [0.15, 0.2) is 36.4 Å². The largest absolute Gasteiger partial charge is 0.495 e. The van der Waals surface area contributed by atoms with Gasteiger partial charge in [-0.1, -0.05) is 17.7 Å². The summed E-state index contributed by atoms with van der Waals surface area (Å²) in [6.07, 6.45) is 0. The van der Waals surface area contributed by atoms with Crippen LogP contribution in [0.5, 0.6) is 17.2 Å². The van der Waals surface area contributed by atoms with Crippen molar-refractivity contribution in [1.29, 1.82) is 0 Å². The molecule has 2 aromatic rings. The minimum absolute atomic E-state index is 0.312.